The maximum Gasteiger partial charge on any atom is 0.417 e. The number of nitrogens with one attached hydrogen (secondary N) is 1. The molecule has 5 nitrogen and oxygen atoms in total. The molecule has 1 aromatic heterocycles. The molecule has 3 N–H and O–H groups in total. The Kier molecular flexibility index (Phi) is 5.65. The van der Waals surface area contributed by atoms with E-state index in [1.807, 2.05) is 35.2 Å². The number of hydrogen-bond donors (Lipinski definition) is 2. The third-order valence-electron chi connectivity index (χ3n) is 4.68. The number of benzene rings is 1. The molecule has 1 atom stereocenters. The average molecular weight is 378 g/mol. The molecule has 1 aliphatic heterocycles. The van der Waals surface area contributed by atoms with Crippen LogP contribution in [-0.2, 0) is 11.0 Å². The van der Waals surface area contributed by atoms with Gasteiger partial charge in [0.15, 0.2) is 0 Å². The van der Waals surface area contributed by atoms with E-state index in [-0.39, 0.29) is 11.9 Å². The molecule has 1 aliphatic rings. The second-order valence-electron chi connectivity index (χ2n) is 6.56. The largest absolute Gasteiger partial charge is 0.417 e. The first-order chi connectivity index (χ1) is 12.8. The van der Waals surface area contributed by atoms with Crippen LogP contribution in [0.1, 0.15) is 30.0 Å². The molecule has 1 saturated heterocycles. The quantitative estimate of drug-likeness (QED) is 0.858. The first kappa shape index (κ1) is 19.2. The number of nitrogens with zero attached hydrogens (tertiary/aromatic N) is 2. The fourth-order valence-electron chi connectivity index (χ4n) is 3.10. The van der Waals surface area contributed by atoms with Gasteiger partial charge in [0.05, 0.1) is 5.56 Å². The Morgan fingerprint density at radius 2 is 1.81 bits per heavy atom. The molecule has 0 aliphatic carbocycles. The van der Waals surface area contributed by atoms with Crippen molar-refractivity contribution in [2.24, 2.45) is 5.73 Å². The zero-order valence-corrected chi connectivity index (χ0v) is 14.6. The predicted molar refractivity (Wildman–Crippen MR) is 96.0 cm³/mol. The number of amides is 1. The highest BCUT2D eigenvalue weighted by atomic mass is 19.4. The molecule has 1 aromatic carbocycles. The van der Waals surface area contributed by atoms with E-state index < -0.39 is 17.8 Å². The lowest BCUT2D eigenvalue weighted by molar-refractivity contribution is -0.137. The molecule has 0 saturated carbocycles. The molecule has 1 fully saturated rings. The van der Waals surface area contributed by atoms with E-state index in [2.05, 4.69) is 10.3 Å². The lowest BCUT2D eigenvalue weighted by Crippen LogP contribution is -2.47. The number of carbonyl (C=O) groups excluding carboxylic acids is 1. The van der Waals surface area contributed by atoms with Gasteiger partial charge in [0.1, 0.15) is 11.9 Å². The van der Waals surface area contributed by atoms with Crippen molar-refractivity contribution in [1.82, 2.24) is 10.3 Å². The van der Waals surface area contributed by atoms with Gasteiger partial charge in [-0.2, -0.15) is 13.2 Å². The molecule has 0 bridgehead atoms. The van der Waals surface area contributed by atoms with Crippen molar-refractivity contribution in [3.05, 3.63) is 59.8 Å². The van der Waals surface area contributed by atoms with Crippen molar-refractivity contribution in [1.29, 1.82) is 0 Å². The molecular weight excluding hydrogens is 357 g/mol. The Labute approximate surface area is 155 Å². The van der Waals surface area contributed by atoms with Crippen molar-refractivity contribution in [3.8, 4) is 0 Å². The first-order valence-electron chi connectivity index (χ1n) is 8.73. The third-order valence-corrected chi connectivity index (χ3v) is 4.68. The molecule has 144 valence electrons. The van der Waals surface area contributed by atoms with Crippen LogP contribution in [0.5, 0.6) is 0 Å². The highest BCUT2D eigenvalue weighted by Crippen LogP contribution is 2.29. The lowest BCUT2D eigenvalue weighted by Gasteiger charge is -2.33. The van der Waals surface area contributed by atoms with E-state index in [4.69, 9.17) is 5.73 Å². The van der Waals surface area contributed by atoms with E-state index in [1.165, 1.54) is 6.07 Å². The molecule has 2 heterocycles. The number of aromatic nitrogens is 1. The van der Waals surface area contributed by atoms with Crippen LogP contribution < -0.4 is 16.0 Å². The Morgan fingerprint density at radius 3 is 2.37 bits per heavy atom. The lowest BCUT2D eigenvalue weighted by atomic mass is 10.0. The molecule has 3 rings (SSSR count). The molecule has 0 radical (unpaired) electrons. The number of hydrogen-bond acceptors (Lipinski definition) is 4. The number of halogens is 3. The molecule has 1 unspecified atom stereocenters. The van der Waals surface area contributed by atoms with E-state index >= 15 is 0 Å². The number of rotatable bonds is 4. The maximum atomic E-state index is 12.6. The van der Waals surface area contributed by atoms with Crippen LogP contribution in [0.3, 0.4) is 0 Å². The van der Waals surface area contributed by atoms with Crippen molar-refractivity contribution in [3.63, 3.8) is 0 Å². The SMILES string of the molecule is NC(C(=O)NC1CCN(c2ccc(C(F)(F)F)cn2)CC1)c1ccccc1. The van der Waals surface area contributed by atoms with Crippen LogP contribution in [0.2, 0.25) is 0 Å². The number of nitrogens with two attached hydrogens (primary N) is 1. The summed E-state index contributed by atoms with van der Waals surface area (Å²) in [5.74, 6) is 0.279. The fourth-order valence-corrected chi connectivity index (χ4v) is 3.10. The summed E-state index contributed by atoms with van der Waals surface area (Å²) >= 11 is 0. The number of piperidine rings is 1. The highest BCUT2D eigenvalue weighted by molar-refractivity contribution is 5.83. The van der Waals surface area contributed by atoms with Gasteiger partial charge in [-0.05, 0) is 30.5 Å². The third kappa shape index (κ3) is 4.77. The number of alkyl halides is 3. The minimum absolute atomic E-state index is 0.0158. The van der Waals surface area contributed by atoms with Crippen molar-refractivity contribution >= 4 is 11.7 Å². The minimum atomic E-state index is -4.39. The van der Waals surface area contributed by atoms with Crippen molar-refractivity contribution < 1.29 is 18.0 Å². The van der Waals surface area contributed by atoms with E-state index in [1.54, 1.807) is 0 Å². The van der Waals surface area contributed by atoms with Crippen LogP contribution in [0.4, 0.5) is 19.0 Å². The Bertz CT molecular complexity index is 757. The standard InChI is InChI=1S/C19H21F3N4O/c20-19(21,22)14-6-7-16(24-12-14)26-10-8-15(9-11-26)25-18(27)17(23)13-4-2-1-3-5-13/h1-7,12,15,17H,8-11,23H2,(H,25,27). The van der Waals surface area contributed by atoms with Gasteiger partial charge in [0.2, 0.25) is 5.91 Å². The summed E-state index contributed by atoms with van der Waals surface area (Å²) in [6.07, 6.45) is -2.19. The summed E-state index contributed by atoms with van der Waals surface area (Å²) in [6, 6.07) is 10.8. The molecule has 0 spiro atoms. The van der Waals surface area contributed by atoms with Crippen LogP contribution in [0.25, 0.3) is 0 Å². The Balaban J connectivity index is 1.52. The maximum absolute atomic E-state index is 12.6. The molecule has 2 aromatic rings. The monoisotopic (exact) mass is 378 g/mol. The summed E-state index contributed by atoms with van der Waals surface area (Å²) < 4.78 is 37.9. The van der Waals surface area contributed by atoms with Gasteiger partial charge in [-0.3, -0.25) is 4.79 Å². The zero-order chi connectivity index (χ0) is 19.4. The molecular formula is C19H21F3N4O. The normalized spacial score (nSPS) is 16.8. The van der Waals surface area contributed by atoms with Gasteiger partial charge in [-0.1, -0.05) is 30.3 Å². The summed E-state index contributed by atoms with van der Waals surface area (Å²) in [6.45, 7) is 1.20. The number of carbonyl (C=O) groups is 1. The number of anilines is 1. The average Bonchev–Trinajstić information content (AvgIpc) is 2.68. The second kappa shape index (κ2) is 7.96. The highest BCUT2D eigenvalue weighted by Gasteiger charge is 2.31. The number of pyridine rings is 1. The zero-order valence-electron chi connectivity index (χ0n) is 14.6. The summed E-state index contributed by atoms with van der Waals surface area (Å²) in [5, 5.41) is 2.96. The Hall–Kier alpha value is -2.61. The molecule has 27 heavy (non-hydrogen) atoms. The van der Waals surface area contributed by atoms with Gasteiger partial charge >= 0.3 is 6.18 Å². The van der Waals surface area contributed by atoms with Gasteiger partial charge < -0.3 is 16.0 Å². The Morgan fingerprint density at radius 1 is 1.15 bits per heavy atom. The summed E-state index contributed by atoms with van der Waals surface area (Å²) in [5.41, 5.74) is 5.99. The van der Waals surface area contributed by atoms with E-state index in [0.717, 1.165) is 17.8 Å². The second-order valence-corrected chi connectivity index (χ2v) is 6.56. The summed E-state index contributed by atoms with van der Waals surface area (Å²) in [4.78, 5) is 18.2. The van der Waals surface area contributed by atoms with Crippen molar-refractivity contribution in [2.45, 2.75) is 31.1 Å². The molecule has 8 heteroatoms. The van der Waals surface area contributed by atoms with Gasteiger partial charge in [-0.15, -0.1) is 0 Å². The topological polar surface area (TPSA) is 71.2 Å². The van der Waals surface area contributed by atoms with Crippen LogP contribution in [0.15, 0.2) is 48.7 Å². The van der Waals surface area contributed by atoms with E-state index in [0.29, 0.717) is 31.7 Å². The van der Waals surface area contributed by atoms with Gasteiger partial charge in [0.25, 0.3) is 0 Å². The fraction of sp³-hybridized carbons (Fsp3) is 0.368. The molecule has 1 amide bonds. The van der Waals surface area contributed by atoms with Gasteiger partial charge in [0, 0.05) is 25.3 Å². The van der Waals surface area contributed by atoms with Crippen LogP contribution in [-0.4, -0.2) is 30.0 Å². The predicted octanol–water partition coefficient (Wildman–Crippen LogP) is 2.89. The van der Waals surface area contributed by atoms with Crippen LogP contribution >= 0.6 is 0 Å². The van der Waals surface area contributed by atoms with Crippen LogP contribution in [0, 0.1) is 0 Å². The minimum Gasteiger partial charge on any atom is -0.356 e. The smallest absolute Gasteiger partial charge is 0.356 e. The first-order valence-corrected chi connectivity index (χ1v) is 8.73. The van der Waals surface area contributed by atoms with Crippen molar-refractivity contribution in [2.75, 3.05) is 18.0 Å². The summed E-state index contributed by atoms with van der Waals surface area (Å²) in [7, 11) is 0. The van der Waals surface area contributed by atoms with Gasteiger partial charge in [-0.25, -0.2) is 4.98 Å². The van der Waals surface area contributed by atoms with E-state index in [9.17, 15) is 18.0 Å².